The van der Waals surface area contributed by atoms with E-state index in [4.69, 9.17) is 4.42 Å². The monoisotopic (exact) mass is 867 g/mol. The molecule has 3 aromatic heterocycles. The molecule has 0 aliphatic carbocycles. The van der Waals surface area contributed by atoms with Crippen LogP contribution in [0.2, 0.25) is 0 Å². The summed E-state index contributed by atoms with van der Waals surface area (Å²) in [4.78, 5) is 2.37. The van der Waals surface area contributed by atoms with Crippen LogP contribution in [-0.2, 0) is 0 Å². The van der Waals surface area contributed by atoms with Gasteiger partial charge in [0.1, 0.15) is 11.2 Å². The van der Waals surface area contributed by atoms with Crippen LogP contribution in [0, 0.1) is 0 Å². The average molecular weight is 868 g/mol. The summed E-state index contributed by atoms with van der Waals surface area (Å²) in [6.45, 7) is 0. The fourth-order valence-electron chi connectivity index (χ4n) is 10.7. The molecule has 14 aromatic rings. The van der Waals surface area contributed by atoms with Crippen molar-refractivity contribution in [1.29, 1.82) is 0 Å². The zero-order valence-electron chi connectivity index (χ0n) is 36.9. The zero-order chi connectivity index (χ0) is 44.7. The molecular formula is C64H41N3O. The second-order valence-electron chi connectivity index (χ2n) is 17.7. The second-order valence-corrected chi connectivity index (χ2v) is 17.7. The van der Waals surface area contributed by atoms with Crippen LogP contribution in [0.25, 0.3) is 110 Å². The molecule has 0 spiro atoms. The van der Waals surface area contributed by atoms with E-state index < -0.39 is 0 Å². The third kappa shape index (κ3) is 6.08. The first-order valence-corrected chi connectivity index (χ1v) is 23.2. The highest BCUT2D eigenvalue weighted by molar-refractivity contribution is 6.12. The van der Waals surface area contributed by atoms with E-state index in [-0.39, 0.29) is 0 Å². The van der Waals surface area contributed by atoms with Gasteiger partial charge in [-0.1, -0.05) is 140 Å². The van der Waals surface area contributed by atoms with Gasteiger partial charge in [-0.25, -0.2) is 0 Å². The van der Waals surface area contributed by atoms with E-state index in [1.54, 1.807) is 0 Å². The summed E-state index contributed by atoms with van der Waals surface area (Å²) in [5, 5.41) is 9.56. The van der Waals surface area contributed by atoms with Gasteiger partial charge in [-0.2, -0.15) is 0 Å². The topological polar surface area (TPSA) is 26.2 Å². The number of anilines is 3. The Morgan fingerprint density at radius 1 is 0.265 bits per heavy atom. The number of benzene rings is 11. The van der Waals surface area contributed by atoms with Gasteiger partial charge in [0.25, 0.3) is 0 Å². The lowest BCUT2D eigenvalue weighted by atomic mass is 9.99. The normalized spacial score (nSPS) is 11.8. The molecule has 0 N–H and O–H groups in total. The van der Waals surface area contributed by atoms with Gasteiger partial charge in [-0.15, -0.1) is 0 Å². The van der Waals surface area contributed by atoms with E-state index in [9.17, 15) is 0 Å². The summed E-state index contributed by atoms with van der Waals surface area (Å²) < 4.78 is 11.1. The Labute approximate surface area is 392 Å². The van der Waals surface area contributed by atoms with Crippen LogP contribution in [0.1, 0.15) is 0 Å². The van der Waals surface area contributed by atoms with Crippen molar-refractivity contribution in [1.82, 2.24) is 9.13 Å². The molecule has 0 aliphatic heterocycles. The van der Waals surface area contributed by atoms with Crippen molar-refractivity contribution < 1.29 is 4.42 Å². The van der Waals surface area contributed by atoms with E-state index >= 15 is 0 Å². The summed E-state index contributed by atoms with van der Waals surface area (Å²) in [5.74, 6) is 0. The molecule has 4 heteroatoms. The fourth-order valence-corrected chi connectivity index (χ4v) is 10.7. The SMILES string of the molecule is c1ccc(-n2c3ccccc3c3cc(-c4ccc5cc(N(c6ccc(-c7ccc8c9ccccc9n(-c9ccccc9)c8c7)cc6)c6ccc7oc8ccccc8c7c6)ccc5c4)ccc32)cc1. The summed E-state index contributed by atoms with van der Waals surface area (Å²) in [7, 11) is 0. The summed E-state index contributed by atoms with van der Waals surface area (Å²) in [6, 6.07) is 90.0. The van der Waals surface area contributed by atoms with Crippen molar-refractivity contribution in [3.63, 3.8) is 0 Å². The van der Waals surface area contributed by atoms with Gasteiger partial charge in [0.2, 0.25) is 0 Å². The highest BCUT2D eigenvalue weighted by Gasteiger charge is 2.19. The standard InChI is InChI=1S/C64H41N3O/c1-3-13-48(14-4-1)66-60-21-11-8-18-54(60)57-39-46(29-35-61(57)66)43-23-24-45-38-51(32-27-44(45)37-43)65(52-33-36-64-58(41-52)56-19-9-12-22-63(56)68-64)50-30-25-42(26-31-50)47-28-34-55-53-17-7-10-20-59(53)67(62(55)40-47)49-15-5-2-6-16-49/h1-41H. The van der Waals surface area contributed by atoms with Crippen LogP contribution >= 0.6 is 0 Å². The number of nitrogens with zero attached hydrogens (tertiary/aromatic N) is 3. The van der Waals surface area contributed by atoms with Crippen molar-refractivity contribution in [2.45, 2.75) is 0 Å². The minimum absolute atomic E-state index is 0.877. The second kappa shape index (κ2) is 15.2. The lowest BCUT2D eigenvalue weighted by molar-refractivity contribution is 0.669. The summed E-state index contributed by atoms with van der Waals surface area (Å²) in [5.41, 5.74) is 16.8. The van der Waals surface area contributed by atoms with Crippen LogP contribution in [0.15, 0.2) is 253 Å². The summed E-state index contributed by atoms with van der Waals surface area (Å²) >= 11 is 0. The largest absolute Gasteiger partial charge is 0.456 e. The highest BCUT2D eigenvalue weighted by Crippen LogP contribution is 2.42. The van der Waals surface area contributed by atoms with E-state index in [1.807, 2.05) is 12.1 Å². The first-order valence-electron chi connectivity index (χ1n) is 23.2. The summed E-state index contributed by atoms with van der Waals surface area (Å²) in [6.07, 6.45) is 0. The molecule has 68 heavy (non-hydrogen) atoms. The van der Waals surface area contributed by atoms with E-state index in [2.05, 4.69) is 251 Å². The maximum atomic E-state index is 6.30. The number of para-hydroxylation sites is 5. The maximum absolute atomic E-state index is 6.30. The minimum atomic E-state index is 0.877. The maximum Gasteiger partial charge on any atom is 0.135 e. The van der Waals surface area contributed by atoms with Gasteiger partial charge >= 0.3 is 0 Å². The zero-order valence-corrected chi connectivity index (χ0v) is 36.9. The Bertz CT molecular complexity index is 4250. The predicted molar refractivity (Wildman–Crippen MR) is 285 cm³/mol. The number of hydrogen-bond donors (Lipinski definition) is 0. The van der Waals surface area contributed by atoms with E-state index in [0.29, 0.717) is 0 Å². The van der Waals surface area contributed by atoms with Crippen LogP contribution < -0.4 is 4.90 Å². The fraction of sp³-hybridized carbons (Fsp3) is 0. The van der Waals surface area contributed by atoms with Gasteiger partial charge in [-0.3, -0.25) is 0 Å². The number of fused-ring (bicyclic) bond motifs is 10. The highest BCUT2D eigenvalue weighted by atomic mass is 16.3. The molecule has 0 atom stereocenters. The molecule has 0 unspecified atom stereocenters. The van der Waals surface area contributed by atoms with Gasteiger partial charge in [0.05, 0.1) is 22.1 Å². The minimum Gasteiger partial charge on any atom is -0.456 e. The smallest absolute Gasteiger partial charge is 0.135 e. The quantitative estimate of drug-likeness (QED) is 0.160. The van der Waals surface area contributed by atoms with Gasteiger partial charge in [0.15, 0.2) is 0 Å². The van der Waals surface area contributed by atoms with Crippen molar-refractivity contribution in [2.75, 3.05) is 4.90 Å². The number of aromatic nitrogens is 2. The number of furan rings is 1. The molecule has 0 bridgehead atoms. The molecule has 11 aromatic carbocycles. The van der Waals surface area contributed by atoms with Crippen molar-refractivity contribution >= 4 is 93.4 Å². The Balaban J connectivity index is 0.865. The van der Waals surface area contributed by atoms with Crippen LogP contribution in [-0.4, -0.2) is 9.13 Å². The van der Waals surface area contributed by atoms with Crippen molar-refractivity contribution in [3.8, 4) is 33.6 Å². The Kier molecular flexibility index (Phi) is 8.55. The first-order chi connectivity index (χ1) is 33.7. The van der Waals surface area contributed by atoms with Gasteiger partial charge in [0, 0.05) is 60.8 Å². The first kappa shape index (κ1) is 38.2. The average Bonchev–Trinajstić information content (AvgIpc) is 4.06. The molecule has 318 valence electrons. The molecular weight excluding hydrogens is 827 g/mol. The molecule has 0 saturated carbocycles. The molecule has 0 saturated heterocycles. The van der Waals surface area contributed by atoms with Crippen molar-refractivity contribution in [2.24, 2.45) is 0 Å². The third-order valence-electron chi connectivity index (χ3n) is 13.9. The molecule has 14 rings (SSSR count). The van der Waals surface area contributed by atoms with E-state index in [1.165, 1.54) is 71.1 Å². The van der Waals surface area contributed by atoms with Crippen LogP contribution in [0.4, 0.5) is 17.1 Å². The lowest BCUT2D eigenvalue weighted by Gasteiger charge is -2.26. The molecule has 0 fully saturated rings. The van der Waals surface area contributed by atoms with Gasteiger partial charge in [-0.05, 0) is 142 Å². The molecule has 0 aliphatic rings. The molecule has 3 heterocycles. The Morgan fingerprint density at radius 3 is 1.51 bits per heavy atom. The van der Waals surface area contributed by atoms with E-state index in [0.717, 1.165) is 55.9 Å². The Morgan fingerprint density at radius 2 is 0.750 bits per heavy atom. The van der Waals surface area contributed by atoms with Crippen molar-refractivity contribution in [3.05, 3.63) is 249 Å². The predicted octanol–water partition coefficient (Wildman–Crippen LogP) is 17.7. The third-order valence-corrected chi connectivity index (χ3v) is 13.9. The number of rotatable bonds is 7. The molecule has 0 amide bonds. The number of hydrogen-bond acceptors (Lipinski definition) is 2. The molecule has 0 radical (unpaired) electrons. The van der Waals surface area contributed by atoms with Crippen LogP contribution in [0.5, 0.6) is 0 Å². The molecule has 4 nitrogen and oxygen atoms in total. The van der Waals surface area contributed by atoms with Crippen LogP contribution in [0.3, 0.4) is 0 Å². The Hall–Kier alpha value is -9.12. The lowest BCUT2D eigenvalue weighted by Crippen LogP contribution is -2.09. The van der Waals surface area contributed by atoms with Gasteiger partial charge < -0.3 is 18.5 Å².